The van der Waals surface area contributed by atoms with Gasteiger partial charge in [-0.3, -0.25) is 0 Å². The summed E-state index contributed by atoms with van der Waals surface area (Å²) in [5.41, 5.74) is 2.21. The van der Waals surface area contributed by atoms with Crippen LogP contribution in [0.3, 0.4) is 0 Å². The van der Waals surface area contributed by atoms with Crippen LogP contribution in [-0.4, -0.2) is 57.4 Å². The van der Waals surface area contributed by atoms with Crippen LogP contribution in [0.5, 0.6) is 5.75 Å². The second-order valence-electron chi connectivity index (χ2n) is 6.47. The number of hydrogen-bond donors (Lipinski definition) is 1. The molecule has 0 spiro atoms. The monoisotopic (exact) mass is 400 g/mol. The number of methoxy groups -OCH3 is 1. The summed E-state index contributed by atoms with van der Waals surface area (Å²) in [7, 11) is 3.15. The number of likely N-dealkylation sites (N-methyl/N-ethyl adjacent to an activating group) is 1. The van der Waals surface area contributed by atoms with Crippen LogP contribution in [-0.2, 0) is 16.1 Å². The number of amides is 1. The van der Waals surface area contributed by atoms with Crippen molar-refractivity contribution in [1.29, 1.82) is 0 Å². The molecule has 0 atom stereocenters. The van der Waals surface area contributed by atoms with Crippen LogP contribution in [0.2, 0.25) is 0 Å². The van der Waals surface area contributed by atoms with Gasteiger partial charge in [0.15, 0.2) is 0 Å². The Morgan fingerprint density at radius 3 is 2.52 bits per heavy atom. The number of rotatable bonds is 10. The average molecular weight is 400 g/mol. The van der Waals surface area contributed by atoms with E-state index in [4.69, 9.17) is 14.2 Å². The first-order chi connectivity index (χ1) is 14.0. The summed E-state index contributed by atoms with van der Waals surface area (Å²) in [6.45, 7) is 3.74. The van der Waals surface area contributed by atoms with E-state index in [1.165, 1.54) is 7.11 Å². The van der Waals surface area contributed by atoms with Gasteiger partial charge in [0.2, 0.25) is 0 Å². The Bertz CT molecular complexity index is 795. The molecule has 0 fully saturated rings. The van der Waals surface area contributed by atoms with E-state index in [0.29, 0.717) is 30.9 Å². The Morgan fingerprint density at radius 1 is 1.07 bits per heavy atom. The minimum absolute atomic E-state index is 0.209. The Labute approximate surface area is 171 Å². The van der Waals surface area contributed by atoms with Crippen molar-refractivity contribution in [3.63, 3.8) is 0 Å². The van der Waals surface area contributed by atoms with E-state index < -0.39 is 12.1 Å². The highest BCUT2D eigenvalue weighted by Gasteiger charge is 2.17. The quantitative estimate of drug-likeness (QED) is 0.618. The number of esters is 1. The summed E-state index contributed by atoms with van der Waals surface area (Å²) >= 11 is 0. The first-order valence-corrected chi connectivity index (χ1v) is 9.47. The maximum Gasteiger partial charge on any atom is 0.410 e. The summed E-state index contributed by atoms with van der Waals surface area (Å²) in [5, 5.41) is 3.02. The molecule has 2 aromatic carbocycles. The van der Waals surface area contributed by atoms with Crippen molar-refractivity contribution >= 4 is 12.1 Å². The van der Waals surface area contributed by atoms with Gasteiger partial charge in [-0.15, -0.1) is 0 Å². The number of hydrogen-bond acceptors (Lipinski definition) is 6. The molecule has 0 aromatic heterocycles. The standard InChI is InChI=1S/C22H28N2O5/c1-17-9-10-20(19(15-17)21(25)27-3)28-14-13-24(12-11-23-2)22(26)29-16-18-7-5-4-6-8-18/h4-10,15,23H,11-14,16H2,1-3H3. The van der Waals surface area contributed by atoms with Gasteiger partial charge in [0.05, 0.1) is 13.7 Å². The third-order valence-corrected chi connectivity index (χ3v) is 4.25. The van der Waals surface area contributed by atoms with Gasteiger partial charge in [-0.05, 0) is 31.7 Å². The van der Waals surface area contributed by atoms with E-state index in [0.717, 1.165) is 11.1 Å². The van der Waals surface area contributed by atoms with Crippen molar-refractivity contribution < 1.29 is 23.8 Å². The molecule has 0 radical (unpaired) electrons. The van der Waals surface area contributed by atoms with Gasteiger partial charge in [-0.1, -0.05) is 42.0 Å². The first kappa shape index (κ1) is 22.2. The topological polar surface area (TPSA) is 77.1 Å². The molecule has 0 aliphatic rings. The van der Waals surface area contributed by atoms with Crippen molar-refractivity contribution in [2.24, 2.45) is 0 Å². The summed E-state index contributed by atoms with van der Waals surface area (Å²) in [6, 6.07) is 14.8. The van der Waals surface area contributed by atoms with Crippen LogP contribution in [0, 0.1) is 6.92 Å². The highest BCUT2D eigenvalue weighted by molar-refractivity contribution is 5.92. The number of nitrogens with one attached hydrogen (secondary N) is 1. The highest BCUT2D eigenvalue weighted by atomic mass is 16.6. The predicted molar refractivity (Wildman–Crippen MR) is 110 cm³/mol. The van der Waals surface area contributed by atoms with Crippen LogP contribution in [0.15, 0.2) is 48.5 Å². The largest absolute Gasteiger partial charge is 0.491 e. The van der Waals surface area contributed by atoms with Gasteiger partial charge >= 0.3 is 12.1 Å². The number of carbonyl (C=O) groups is 2. The second kappa shape index (κ2) is 11.7. The molecule has 0 aliphatic carbocycles. The molecule has 1 amide bonds. The van der Waals surface area contributed by atoms with E-state index in [-0.39, 0.29) is 13.2 Å². The fourth-order valence-electron chi connectivity index (χ4n) is 2.66. The number of carbonyl (C=O) groups excluding carboxylic acids is 2. The lowest BCUT2D eigenvalue weighted by molar-refractivity contribution is 0.0593. The van der Waals surface area contributed by atoms with E-state index in [2.05, 4.69) is 5.32 Å². The van der Waals surface area contributed by atoms with Crippen molar-refractivity contribution in [2.45, 2.75) is 13.5 Å². The Morgan fingerprint density at radius 2 is 1.83 bits per heavy atom. The Kier molecular flexibility index (Phi) is 8.98. The molecule has 7 nitrogen and oxygen atoms in total. The molecule has 0 unspecified atom stereocenters. The lowest BCUT2D eigenvalue weighted by Gasteiger charge is -2.22. The van der Waals surface area contributed by atoms with E-state index in [1.54, 1.807) is 17.0 Å². The number of ether oxygens (including phenoxy) is 3. The Hall–Kier alpha value is -3.06. The lowest BCUT2D eigenvalue weighted by Crippen LogP contribution is -2.39. The van der Waals surface area contributed by atoms with E-state index in [1.807, 2.05) is 50.4 Å². The van der Waals surface area contributed by atoms with Gasteiger partial charge in [0.25, 0.3) is 0 Å². The maximum atomic E-state index is 12.5. The SMILES string of the molecule is CNCCN(CCOc1ccc(C)cc1C(=O)OC)C(=O)OCc1ccccc1. The number of nitrogens with zero attached hydrogens (tertiary/aromatic N) is 1. The van der Waals surface area contributed by atoms with Gasteiger partial charge < -0.3 is 24.4 Å². The number of benzene rings is 2. The molecule has 0 aliphatic heterocycles. The summed E-state index contributed by atoms with van der Waals surface area (Å²) in [5.74, 6) is -0.0355. The molecule has 1 N–H and O–H groups in total. The van der Waals surface area contributed by atoms with Crippen LogP contribution in [0.25, 0.3) is 0 Å². The molecule has 2 aromatic rings. The van der Waals surface area contributed by atoms with E-state index >= 15 is 0 Å². The van der Waals surface area contributed by atoms with Crippen molar-refractivity contribution in [3.05, 3.63) is 65.2 Å². The Balaban J connectivity index is 1.94. The van der Waals surface area contributed by atoms with Crippen LogP contribution in [0.4, 0.5) is 4.79 Å². The van der Waals surface area contributed by atoms with Crippen LogP contribution >= 0.6 is 0 Å². The fraction of sp³-hybridized carbons (Fsp3) is 0.364. The first-order valence-electron chi connectivity index (χ1n) is 9.47. The van der Waals surface area contributed by atoms with Gasteiger partial charge in [0.1, 0.15) is 24.5 Å². The van der Waals surface area contributed by atoms with Gasteiger partial charge in [0, 0.05) is 13.1 Å². The molecule has 0 saturated carbocycles. The molecule has 2 rings (SSSR count). The zero-order chi connectivity index (χ0) is 21.1. The number of aryl methyl sites for hydroxylation is 1. The zero-order valence-corrected chi connectivity index (χ0v) is 17.1. The van der Waals surface area contributed by atoms with Crippen molar-refractivity contribution in [2.75, 3.05) is 40.4 Å². The highest BCUT2D eigenvalue weighted by Crippen LogP contribution is 2.21. The summed E-state index contributed by atoms with van der Waals surface area (Å²) in [4.78, 5) is 26.0. The smallest absolute Gasteiger partial charge is 0.410 e. The third kappa shape index (κ3) is 7.12. The van der Waals surface area contributed by atoms with Crippen molar-refractivity contribution in [1.82, 2.24) is 10.2 Å². The molecule has 29 heavy (non-hydrogen) atoms. The molecule has 0 bridgehead atoms. The molecule has 7 heteroatoms. The molecular formula is C22H28N2O5. The van der Waals surface area contributed by atoms with E-state index in [9.17, 15) is 9.59 Å². The summed E-state index contributed by atoms with van der Waals surface area (Å²) in [6.07, 6.45) is -0.412. The lowest BCUT2D eigenvalue weighted by atomic mass is 10.1. The normalized spacial score (nSPS) is 10.3. The fourth-order valence-corrected chi connectivity index (χ4v) is 2.66. The third-order valence-electron chi connectivity index (χ3n) is 4.25. The van der Waals surface area contributed by atoms with Gasteiger partial charge in [-0.2, -0.15) is 0 Å². The summed E-state index contributed by atoms with van der Waals surface area (Å²) < 4.78 is 16.0. The van der Waals surface area contributed by atoms with Crippen LogP contribution in [0.1, 0.15) is 21.5 Å². The molecule has 156 valence electrons. The minimum Gasteiger partial charge on any atom is -0.491 e. The molecule has 0 heterocycles. The van der Waals surface area contributed by atoms with Gasteiger partial charge in [-0.25, -0.2) is 9.59 Å². The van der Waals surface area contributed by atoms with Crippen LogP contribution < -0.4 is 10.1 Å². The average Bonchev–Trinajstić information content (AvgIpc) is 2.75. The minimum atomic E-state index is -0.460. The second-order valence-corrected chi connectivity index (χ2v) is 6.47. The van der Waals surface area contributed by atoms with Crippen molar-refractivity contribution in [3.8, 4) is 5.75 Å². The maximum absolute atomic E-state index is 12.5. The predicted octanol–water partition coefficient (Wildman–Crippen LogP) is 3.02. The molecule has 0 saturated heterocycles. The zero-order valence-electron chi connectivity index (χ0n) is 17.1. The molecular weight excluding hydrogens is 372 g/mol.